The van der Waals surface area contributed by atoms with Crippen LogP contribution in [0.15, 0.2) is 48.5 Å². The highest BCUT2D eigenvalue weighted by Gasteiger charge is 2.45. The molecular weight excluding hydrogens is 381 g/mol. The Morgan fingerprint density at radius 1 is 1.07 bits per heavy atom. The highest BCUT2D eigenvalue weighted by molar-refractivity contribution is 6.31. The molecule has 3 rings (SSSR count). The Hall–Kier alpha value is -2.54. The molecule has 1 aliphatic carbocycles. The standard InChI is InChI=1S/C19H16ClF3N2O2/c20-15-7-3-1-5-11(15)13-9-14(13)18(27)25-16-8-4-2-6-12(16)17(26)24-10-19(21,22)23/h1-8,13-14H,9-10H2,(H,24,26)(H,25,27). The molecule has 4 nitrogen and oxygen atoms in total. The molecule has 1 aliphatic rings. The van der Waals surface area contributed by atoms with Gasteiger partial charge >= 0.3 is 6.18 Å². The number of rotatable bonds is 5. The molecule has 0 saturated heterocycles. The van der Waals surface area contributed by atoms with Crippen molar-refractivity contribution in [3.05, 3.63) is 64.7 Å². The largest absolute Gasteiger partial charge is 0.405 e. The zero-order valence-electron chi connectivity index (χ0n) is 14.0. The Bertz CT molecular complexity index is 870. The molecule has 0 radical (unpaired) electrons. The number of amides is 2. The molecular formula is C19H16ClF3N2O2. The summed E-state index contributed by atoms with van der Waals surface area (Å²) in [4.78, 5) is 24.5. The maximum Gasteiger partial charge on any atom is 0.405 e. The summed E-state index contributed by atoms with van der Waals surface area (Å²) in [5, 5.41) is 5.04. The van der Waals surface area contributed by atoms with Gasteiger partial charge in [0.2, 0.25) is 5.91 Å². The molecule has 0 spiro atoms. The van der Waals surface area contributed by atoms with Gasteiger partial charge in [-0.15, -0.1) is 0 Å². The van der Waals surface area contributed by atoms with Crippen molar-refractivity contribution in [2.75, 3.05) is 11.9 Å². The van der Waals surface area contributed by atoms with Crippen LogP contribution in [0.4, 0.5) is 18.9 Å². The van der Waals surface area contributed by atoms with Crippen molar-refractivity contribution in [1.29, 1.82) is 0 Å². The van der Waals surface area contributed by atoms with Crippen LogP contribution in [0.25, 0.3) is 0 Å². The second kappa shape index (κ2) is 7.60. The maximum absolute atomic E-state index is 12.5. The lowest BCUT2D eigenvalue weighted by Gasteiger charge is -2.12. The molecule has 1 saturated carbocycles. The zero-order chi connectivity index (χ0) is 19.6. The summed E-state index contributed by atoms with van der Waals surface area (Å²) in [7, 11) is 0. The molecule has 0 bridgehead atoms. The van der Waals surface area contributed by atoms with E-state index in [0.717, 1.165) is 5.56 Å². The van der Waals surface area contributed by atoms with Gasteiger partial charge in [0.05, 0.1) is 11.3 Å². The number of halogens is 4. The van der Waals surface area contributed by atoms with Crippen LogP contribution in [-0.2, 0) is 4.79 Å². The smallest absolute Gasteiger partial charge is 0.343 e. The number of alkyl halides is 3. The first kappa shape index (κ1) is 19.2. The van der Waals surface area contributed by atoms with E-state index >= 15 is 0 Å². The fourth-order valence-corrected chi connectivity index (χ4v) is 3.17. The number of hydrogen-bond acceptors (Lipinski definition) is 2. The Morgan fingerprint density at radius 3 is 2.44 bits per heavy atom. The lowest BCUT2D eigenvalue weighted by Crippen LogP contribution is -2.34. The van der Waals surface area contributed by atoms with Crippen LogP contribution >= 0.6 is 11.6 Å². The van der Waals surface area contributed by atoms with Crippen LogP contribution < -0.4 is 10.6 Å². The van der Waals surface area contributed by atoms with Crippen LogP contribution in [0.1, 0.15) is 28.3 Å². The summed E-state index contributed by atoms with van der Waals surface area (Å²) >= 11 is 6.15. The Kier molecular flexibility index (Phi) is 5.41. The van der Waals surface area contributed by atoms with Gasteiger partial charge in [0.15, 0.2) is 0 Å². The second-order valence-electron chi connectivity index (χ2n) is 6.30. The van der Waals surface area contributed by atoms with E-state index in [0.29, 0.717) is 11.4 Å². The van der Waals surface area contributed by atoms with Gasteiger partial charge in [-0.3, -0.25) is 9.59 Å². The van der Waals surface area contributed by atoms with E-state index in [-0.39, 0.29) is 29.0 Å². The fourth-order valence-electron chi connectivity index (χ4n) is 2.90. The van der Waals surface area contributed by atoms with Crippen molar-refractivity contribution >= 4 is 29.1 Å². The molecule has 2 amide bonds. The second-order valence-corrected chi connectivity index (χ2v) is 6.71. The van der Waals surface area contributed by atoms with Gasteiger partial charge in [-0.05, 0) is 36.1 Å². The van der Waals surface area contributed by atoms with Gasteiger partial charge in [-0.1, -0.05) is 41.9 Å². The molecule has 0 aliphatic heterocycles. The van der Waals surface area contributed by atoms with Crippen molar-refractivity contribution in [2.24, 2.45) is 5.92 Å². The Balaban J connectivity index is 1.67. The Morgan fingerprint density at radius 2 is 1.74 bits per heavy atom. The lowest BCUT2D eigenvalue weighted by atomic mass is 10.1. The first-order chi connectivity index (χ1) is 12.8. The van der Waals surface area contributed by atoms with Gasteiger partial charge in [0.1, 0.15) is 6.54 Å². The van der Waals surface area contributed by atoms with Crippen LogP contribution in [0.3, 0.4) is 0 Å². The first-order valence-electron chi connectivity index (χ1n) is 8.25. The highest BCUT2D eigenvalue weighted by atomic mass is 35.5. The maximum atomic E-state index is 12.5. The number of carbonyl (C=O) groups is 2. The van der Waals surface area contributed by atoms with E-state index in [4.69, 9.17) is 11.6 Å². The minimum Gasteiger partial charge on any atom is -0.343 e. The quantitative estimate of drug-likeness (QED) is 0.788. The molecule has 2 atom stereocenters. The molecule has 0 aromatic heterocycles. The minimum atomic E-state index is -4.51. The van der Waals surface area contributed by atoms with Gasteiger partial charge in [-0.2, -0.15) is 13.2 Å². The van der Waals surface area contributed by atoms with Crippen molar-refractivity contribution in [2.45, 2.75) is 18.5 Å². The van der Waals surface area contributed by atoms with Crippen molar-refractivity contribution < 1.29 is 22.8 Å². The SMILES string of the molecule is O=C(NCC(F)(F)F)c1ccccc1NC(=O)C1CC1c1ccccc1Cl. The molecule has 27 heavy (non-hydrogen) atoms. The summed E-state index contributed by atoms with van der Waals surface area (Å²) in [5.74, 6) is -1.50. The number of para-hydroxylation sites is 1. The number of hydrogen-bond donors (Lipinski definition) is 2. The highest BCUT2D eigenvalue weighted by Crippen LogP contribution is 2.50. The summed E-state index contributed by atoms with van der Waals surface area (Å²) in [6.07, 6.45) is -3.89. The predicted octanol–water partition coefficient (Wildman–Crippen LogP) is 4.37. The van der Waals surface area contributed by atoms with Gasteiger partial charge in [0.25, 0.3) is 5.91 Å². The Labute approximate surface area is 158 Å². The molecule has 2 aromatic rings. The van der Waals surface area contributed by atoms with E-state index in [1.54, 1.807) is 23.5 Å². The predicted molar refractivity (Wildman–Crippen MR) is 95.8 cm³/mol. The zero-order valence-corrected chi connectivity index (χ0v) is 14.8. The summed E-state index contributed by atoms with van der Waals surface area (Å²) in [6.45, 7) is -1.44. The van der Waals surface area contributed by atoms with Gasteiger partial charge in [0, 0.05) is 10.9 Å². The third kappa shape index (κ3) is 4.80. The molecule has 8 heteroatoms. The summed E-state index contributed by atoms with van der Waals surface area (Å²) in [5.41, 5.74) is 1.03. The fraction of sp³-hybridized carbons (Fsp3) is 0.263. The monoisotopic (exact) mass is 396 g/mol. The molecule has 0 heterocycles. The summed E-state index contributed by atoms with van der Waals surface area (Å²) in [6, 6.07) is 13.2. The third-order valence-corrected chi connectivity index (χ3v) is 4.66. The van der Waals surface area contributed by atoms with E-state index in [1.807, 2.05) is 12.1 Å². The van der Waals surface area contributed by atoms with E-state index in [9.17, 15) is 22.8 Å². The number of carbonyl (C=O) groups excluding carboxylic acids is 2. The van der Waals surface area contributed by atoms with Gasteiger partial charge in [-0.25, -0.2) is 0 Å². The van der Waals surface area contributed by atoms with Crippen LogP contribution in [0, 0.1) is 5.92 Å². The number of anilines is 1. The molecule has 2 N–H and O–H groups in total. The third-order valence-electron chi connectivity index (χ3n) is 4.31. The topological polar surface area (TPSA) is 58.2 Å². The average molecular weight is 397 g/mol. The summed E-state index contributed by atoms with van der Waals surface area (Å²) < 4.78 is 36.9. The van der Waals surface area contributed by atoms with Gasteiger partial charge < -0.3 is 10.6 Å². The molecule has 2 unspecified atom stereocenters. The van der Waals surface area contributed by atoms with E-state index < -0.39 is 18.6 Å². The van der Waals surface area contributed by atoms with E-state index in [2.05, 4.69) is 5.32 Å². The molecule has 2 aromatic carbocycles. The van der Waals surface area contributed by atoms with Crippen molar-refractivity contribution in [3.8, 4) is 0 Å². The van der Waals surface area contributed by atoms with Crippen molar-refractivity contribution in [1.82, 2.24) is 5.32 Å². The normalized spacial score (nSPS) is 18.7. The minimum absolute atomic E-state index is 0.00934. The number of benzene rings is 2. The van der Waals surface area contributed by atoms with E-state index in [1.165, 1.54) is 18.2 Å². The molecule has 1 fully saturated rings. The molecule has 142 valence electrons. The van der Waals surface area contributed by atoms with Crippen LogP contribution in [-0.4, -0.2) is 24.5 Å². The van der Waals surface area contributed by atoms with Crippen LogP contribution in [0.2, 0.25) is 5.02 Å². The lowest BCUT2D eigenvalue weighted by molar-refractivity contribution is -0.123. The van der Waals surface area contributed by atoms with Crippen LogP contribution in [0.5, 0.6) is 0 Å². The average Bonchev–Trinajstić information content (AvgIpc) is 3.40. The number of nitrogens with one attached hydrogen (secondary N) is 2. The van der Waals surface area contributed by atoms with Crippen molar-refractivity contribution in [3.63, 3.8) is 0 Å². The first-order valence-corrected chi connectivity index (χ1v) is 8.63.